The van der Waals surface area contributed by atoms with Crippen molar-refractivity contribution in [2.24, 2.45) is 0 Å². The molecule has 0 fully saturated rings. The molecule has 0 unspecified atom stereocenters. The van der Waals surface area contributed by atoms with Crippen molar-refractivity contribution >= 4 is 11.9 Å². The second kappa shape index (κ2) is 8.91. The highest BCUT2D eigenvalue weighted by atomic mass is 16.5. The van der Waals surface area contributed by atoms with E-state index in [0.717, 1.165) is 5.57 Å². The molecule has 0 radical (unpaired) electrons. The summed E-state index contributed by atoms with van der Waals surface area (Å²) in [5.41, 5.74) is 0.827. The lowest BCUT2D eigenvalue weighted by molar-refractivity contribution is -0.140. The Bertz CT molecular complexity index is 261. The number of rotatable bonds is 7. The van der Waals surface area contributed by atoms with Gasteiger partial charge in [-0.3, -0.25) is 9.59 Å². The first kappa shape index (κ1) is 14.6. The number of esters is 1. The van der Waals surface area contributed by atoms with Crippen LogP contribution in [0.2, 0.25) is 0 Å². The van der Waals surface area contributed by atoms with E-state index >= 15 is 0 Å². The van der Waals surface area contributed by atoms with E-state index in [2.05, 4.69) is 10.1 Å². The largest absolute Gasteiger partial charge is 0.469 e. The molecule has 2 N–H and O–H groups in total. The lowest BCUT2D eigenvalue weighted by Crippen LogP contribution is -2.23. The number of methoxy groups -OCH3 is 1. The molecule has 5 heteroatoms. The quantitative estimate of drug-likeness (QED) is 0.376. The van der Waals surface area contributed by atoms with Crippen molar-refractivity contribution in [1.82, 2.24) is 5.32 Å². The van der Waals surface area contributed by atoms with Crippen LogP contribution in [0.3, 0.4) is 0 Å². The Morgan fingerprint density at radius 1 is 1.38 bits per heavy atom. The monoisotopic (exact) mass is 229 g/mol. The lowest BCUT2D eigenvalue weighted by Gasteiger charge is -2.02. The number of aliphatic hydroxyl groups excluding tert-OH is 1. The summed E-state index contributed by atoms with van der Waals surface area (Å²) < 4.78 is 4.46. The third-order valence-corrected chi connectivity index (χ3v) is 1.97. The number of hydrogen-bond donors (Lipinski definition) is 2. The number of nitrogens with one attached hydrogen (secondary N) is 1. The summed E-state index contributed by atoms with van der Waals surface area (Å²) in [7, 11) is 1.34. The summed E-state index contributed by atoms with van der Waals surface area (Å²) in [5.74, 6) is -0.475. The van der Waals surface area contributed by atoms with Gasteiger partial charge in [0.05, 0.1) is 7.11 Å². The van der Waals surface area contributed by atoms with Gasteiger partial charge in [-0.1, -0.05) is 5.57 Å². The third-order valence-electron chi connectivity index (χ3n) is 1.97. The van der Waals surface area contributed by atoms with Gasteiger partial charge in [0, 0.05) is 25.6 Å². The molecular formula is C11H19NO4. The molecule has 1 amide bonds. The van der Waals surface area contributed by atoms with Crippen LogP contribution in [0, 0.1) is 0 Å². The van der Waals surface area contributed by atoms with Crippen LogP contribution in [-0.2, 0) is 14.3 Å². The fraction of sp³-hybridized carbons (Fsp3) is 0.636. The van der Waals surface area contributed by atoms with Crippen molar-refractivity contribution < 1.29 is 19.4 Å². The van der Waals surface area contributed by atoms with Crippen molar-refractivity contribution in [2.75, 3.05) is 20.3 Å². The summed E-state index contributed by atoms with van der Waals surface area (Å²) in [4.78, 5) is 22.0. The number of hydrogen-bond acceptors (Lipinski definition) is 4. The van der Waals surface area contributed by atoms with E-state index < -0.39 is 0 Å². The average Bonchev–Trinajstić information content (AvgIpc) is 2.24. The summed E-state index contributed by atoms with van der Waals surface area (Å²) >= 11 is 0. The molecule has 0 heterocycles. The maximum Gasteiger partial charge on any atom is 0.305 e. The predicted octanol–water partition coefficient (Wildman–Crippen LogP) is 0.384. The molecule has 0 atom stereocenters. The fourth-order valence-corrected chi connectivity index (χ4v) is 1.07. The molecule has 92 valence electrons. The van der Waals surface area contributed by atoms with Crippen molar-refractivity contribution in [3.63, 3.8) is 0 Å². The van der Waals surface area contributed by atoms with Gasteiger partial charge in [0.2, 0.25) is 5.91 Å². The van der Waals surface area contributed by atoms with E-state index in [0.29, 0.717) is 25.8 Å². The molecule has 0 bridgehead atoms. The molecular weight excluding hydrogens is 210 g/mol. The summed E-state index contributed by atoms with van der Waals surface area (Å²) in [5, 5.41) is 11.3. The molecule has 0 aliphatic heterocycles. The number of aliphatic hydroxyl groups is 1. The van der Waals surface area contributed by atoms with Gasteiger partial charge in [-0.25, -0.2) is 0 Å². The van der Waals surface area contributed by atoms with Crippen molar-refractivity contribution in [1.29, 1.82) is 0 Å². The Hall–Kier alpha value is -1.36. The molecule has 5 nitrogen and oxygen atoms in total. The van der Waals surface area contributed by atoms with Gasteiger partial charge in [-0.05, 0) is 19.8 Å². The summed E-state index contributed by atoms with van der Waals surface area (Å²) in [6.45, 7) is 2.26. The molecule has 0 rings (SSSR count). The normalized spacial score (nSPS) is 11.1. The van der Waals surface area contributed by atoms with Gasteiger partial charge in [-0.15, -0.1) is 0 Å². The predicted molar refractivity (Wildman–Crippen MR) is 59.7 cm³/mol. The van der Waals surface area contributed by atoms with Crippen LogP contribution in [0.15, 0.2) is 11.6 Å². The minimum Gasteiger partial charge on any atom is -0.469 e. The van der Waals surface area contributed by atoms with E-state index in [1.54, 1.807) is 6.92 Å². The summed E-state index contributed by atoms with van der Waals surface area (Å²) in [6.07, 6.45) is 2.81. The maximum atomic E-state index is 11.3. The number of carbonyl (C=O) groups excluding carboxylic acids is 2. The van der Waals surface area contributed by atoms with Gasteiger partial charge >= 0.3 is 5.97 Å². The lowest BCUT2D eigenvalue weighted by atomic mass is 10.2. The first-order valence-electron chi connectivity index (χ1n) is 5.22. The molecule has 16 heavy (non-hydrogen) atoms. The smallest absolute Gasteiger partial charge is 0.305 e. The van der Waals surface area contributed by atoms with Gasteiger partial charge < -0.3 is 15.2 Å². The highest BCUT2D eigenvalue weighted by molar-refractivity contribution is 5.88. The van der Waals surface area contributed by atoms with Crippen LogP contribution in [0.25, 0.3) is 0 Å². The number of ether oxygens (including phenoxy) is 1. The van der Waals surface area contributed by atoms with Crippen LogP contribution in [0.1, 0.15) is 26.2 Å². The zero-order valence-corrected chi connectivity index (χ0v) is 9.78. The first-order chi connectivity index (χ1) is 7.60. The summed E-state index contributed by atoms with van der Waals surface area (Å²) in [6, 6.07) is 0. The zero-order chi connectivity index (χ0) is 12.4. The van der Waals surface area contributed by atoms with Crippen LogP contribution >= 0.6 is 0 Å². The van der Waals surface area contributed by atoms with E-state index in [1.165, 1.54) is 13.2 Å². The van der Waals surface area contributed by atoms with E-state index in [9.17, 15) is 9.59 Å². The van der Waals surface area contributed by atoms with Gasteiger partial charge in [0.25, 0.3) is 0 Å². The molecule has 0 saturated heterocycles. The molecule has 0 aromatic rings. The molecule has 0 aliphatic carbocycles. The van der Waals surface area contributed by atoms with E-state index in [1.807, 2.05) is 0 Å². The Morgan fingerprint density at radius 2 is 2.06 bits per heavy atom. The van der Waals surface area contributed by atoms with Gasteiger partial charge in [0.15, 0.2) is 0 Å². The number of amides is 1. The molecule has 0 aliphatic rings. The Labute approximate surface area is 95.5 Å². The van der Waals surface area contributed by atoms with Crippen LogP contribution in [0.5, 0.6) is 0 Å². The maximum absolute atomic E-state index is 11.3. The molecule has 0 aromatic carbocycles. The van der Waals surface area contributed by atoms with Crippen LogP contribution < -0.4 is 5.32 Å². The van der Waals surface area contributed by atoms with Crippen LogP contribution in [-0.4, -0.2) is 37.2 Å². The minimum atomic E-state index is -0.277. The van der Waals surface area contributed by atoms with Crippen molar-refractivity contribution in [3.8, 4) is 0 Å². The highest BCUT2D eigenvalue weighted by Crippen LogP contribution is 1.97. The zero-order valence-electron chi connectivity index (χ0n) is 9.78. The second-order valence-corrected chi connectivity index (χ2v) is 3.44. The molecule has 0 aromatic heterocycles. The SMILES string of the molecule is COC(=O)CCCNC(=O)/C=C(/C)CCO. The Morgan fingerprint density at radius 3 is 2.62 bits per heavy atom. The average molecular weight is 229 g/mol. The Balaban J connectivity index is 3.66. The standard InChI is InChI=1S/C11H19NO4/c1-9(5-7-13)8-10(14)12-6-3-4-11(15)16-2/h8,13H,3-7H2,1-2H3,(H,12,14)/b9-8-. The number of carbonyl (C=O) groups is 2. The van der Waals surface area contributed by atoms with Gasteiger partial charge in [0.1, 0.15) is 0 Å². The molecule has 0 saturated carbocycles. The third kappa shape index (κ3) is 7.99. The minimum absolute atomic E-state index is 0.0396. The first-order valence-corrected chi connectivity index (χ1v) is 5.22. The Kier molecular flexibility index (Phi) is 8.15. The van der Waals surface area contributed by atoms with E-state index in [-0.39, 0.29) is 18.5 Å². The van der Waals surface area contributed by atoms with Crippen molar-refractivity contribution in [2.45, 2.75) is 26.2 Å². The van der Waals surface area contributed by atoms with Crippen molar-refractivity contribution in [3.05, 3.63) is 11.6 Å². The second-order valence-electron chi connectivity index (χ2n) is 3.44. The van der Waals surface area contributed by atoms with E-state index in [4.69, 9.17) is 5.11 Å². The molecule has 0 spiro atoms. The highest BCUT2D eigenvalue weighted by Gasteiger charge is 2.01. The topological polar surface area (TPSA) is 75.6 Å². The fourth-order valence-electron chi connectivity index (χ4n) is 1.07. The van der Waals surface area contributed by atoms with Crippen LogP contribution in [0.4, 0.5) is 0 Å². The van der Waals surface area contributed by atoms with Gasteiger partial charge in [-0.2, -0.15) is 0 Å².